The number of nitrogens with one attached hydrogen (secondary N) is 1. The summed E-state index contributed by atoms with van der Waals surface area (Å²) in [7, 11) is 0. The summed E-state index contributed by atoms with van der Waals surface area (Å²) in [6.45, 7) is 3.68. The van der Waals surface area contributed by atoms with Crippen LogP contribution >= 0.6 is 11.8 Å². The fourth-order valence-electron chi connectivity index (χ4n) is 2.27. The molecule has 0 aliphatic rings. The van der Waals surface area contributed by atoms with Gasteiger partial charge in [-0.15, -0.1) is 10.2 Å². The first-order valence-electron chi connectivity index (χ1n) is 7.47. The molecule has 0 unspecified atom stereocenters. The standard InChI is InChI=1S/C15H15F2N7OS/c1-8-6-9(2)24(22-8)14-20-21-15(23(14)18)26-7-12(25)19-13-10(16)4-3-5-11(13)17/h3-6H,7,18H2,1-2H3,(H,19,25). The van der Waals surface area contributed by atoms with Crippen LogP contribution in [-0.2, 0) is 4.79 Å². The van der Waals surface area contributed by atoms with Gasteiger partial charge in [-0.2, -0.15) is 5.10 Å². The summed E-state index contributed by atoms with van der Waals surface area (Å²) in [6.07, 6.45) is 0. The summed E-state index contributed by atoms with van der Waals surface area (Å²) < 4.78 is 29.8. The highest BCUT2D eigenvalue weighted by Gasteiger charge is 2.17. The van der Waals surface area contributed by atoms with Crippen LogP contribution in [-0.4, -0.2) is 36.3 Å². The van der Waals surface area contributed by atoms with Crippen molar-refractivity contribution in [2.75, 3.05) is 16.9 Å². The topological polar surface area (TPSA) is 104 Å². The monoisotopic (exact) mass is 379 g/mol. The number of benzene rings is 1. The third kappa shape index (κ3) is 3.52. The number of nitrogens with two attached hydrogens (primary N) is 1. The Morgan fingerprint density at radius 2 is 1.96 bits per heavy atom. The number of aromatic nitrogens is 5. The number of para-hydroxylation sites is 1. The Labute approximate surface area is 151 Å². The van der Waals surface area contributed by atoms with Crippen LogP contribution in [0.3, 0.4) is 0 Å². The first-order valence-corrected chi connectivity index (χ1v) is 8.46. The number of halogens is 2. The van der Waals surface area contributed by atoms with Crippen LogP contribution in [0.4, 0.5) is 14.5 Å². The zero-order chi connectivity index (χ0) is 18.8. The minimum atomic E-state index is -0.850. The van der Waals surface area contributed by atoms with E-state index in [-0.39, 0.29) is 10.9 Å². The average Bonchev–Trinajstić information content (AvgIpc) is 3.10. The number of thioether (sulfide) groups is 1. The van der Waals surface area contributed by atoms with E-state index in [2.05, 4.69) is 20.6 Å². The van der Waals surface area contributed by atoms with Crippen LogP contribution in [0, 0.1) is 25.5 Å². The lowest BCUT2D eigenvalue weighted by Crippen LogP contribution is -2.19. The summed E-state index contributed by atoms with van der Waals surface area (Å²) in [5, 5.41) is 14.6. The molecule has 0 radical (unpaired) electrons. The van der Waals surface area contributed by atoms with Gasteiger partial charge in [0.15, 0.2) is 0 Å². The smallest absolute Gasteiger partial charge is 0.271 e. The fourth-order valence-corrected chi connectivity index (χ4v) is 2.92. The maximum atomic E-state index is 13.6. The third-order valence-electron chi connectivity index (χ3n) is 3.41. The molecule has 1 amide bonds. The molecule has 0 saturated heterocycles. The quantitative estimate of drug-likeness (QED) is 0.518. The van der Waals surface area contributed by atoms with Crippen LogP contribution in [0.15, 0.2) is 29.4 Å². The lowest BCUT2D eigenvalue weighted by molar-refractivity contribution is -0.113. The van der Waals surface area contributed by atoms with Gasteiger partial charge in [0.05, 0.1) is 11.4 Å². The van der Waals surface area contributed by atoms with Crippen LogP contribution in [0.1, 0.15) is 11.4 Å². The number of hydrogen-bond acceptors (Lipinski definition) is 6. The molecule has 136 valence electrons. The van der Waals surface area contributed by atoms with Gasteiger partial charge >= 0.3 is 0 Å². The molecule has 0 aliphatic carbocycles. The number of carbonyl (C=O) groups is 1. The Balaban J connectivity index is 1.69. The number of hydrogen-bond donors (Lipinski definition) is 2. The fraction of sp³-hybridized carbons (Fsp3) is 0.200. The van der Waals surface area contributed by atoms with Crippen molar-refractivity contribution in [2.45, 2.75) is 19.0 Å². The first kappa shape index (κ1) is 17.9. The minimum absolute atomic E-state index is 0.153. The normalized spacial score (nSPS) is 10.9. The summed E-state index contributed by atoms with van der Waals surface area (Å²) >= 11 is 0.981. The van der Waals surface area contributed by atoms with E-state index < -0.39 is 23.2 Å². The van der Waals surface area contributed by atoms with E-state index in [0.717, 1.165) is 35.3 Å². The number of carbonyl (C=O) groups excluding carboxylic acids is 1. The minimum Gasteiger partial charge on any atom is -0.334 e. The van der Waals surface area contributed by atoms with Crippen molar-refractivity contribution in [1.29, 1.82) is 0 Å². The zero-order valence-corrected chi connectivity index (χ0v) is 14.7. The molecule has 0 aliphatic heterocycles. The van der Waals surface area contributed by atoms with E-state index in [0.29, 0.717) is 5.95 Å². The van der Waals surface area contributed by atoms with Gasteiger partial charge in [-0.1, -0.05) is 17.8 Å². The predicted octanol–water partition coefficient (Wildman–Crippen LogP) is 1.80. The largest absolute Gasteiger partial charge is 0.334 e. The van der Waals surface area contributed by atoms with Gasteiger partial charge in [0.1, 0.15) is 17.3 Å². The Bertz CT molecular complexity index is 949. The average molecular weight is 379 g/mol. The molecule has 1 aromatic carbocycles. The first-order chi connectivity index (χ1) is 12.4. The van der Waals surface area contributed by atoms with Gasteiger partial charge in [0.2, 0.25) is 11.1 Å². The second kappa shape index (κ2) is 7.12. The second-order valence-electron chi connectivity index (χ2n) is 5.42. The van der Waals surface area contributed by atoms with Crippen molar-refractivity contribution >= 4 is 23.4 Å². The lowest BCUT2D eigenvalue weighted by Gasteiger charge is -2.07. The lowest BCUT2D eigenvalue weighted by atomic mass is 10.3. The number of nitrogen functional groups attached to an aromatic ring is 1. The molecule has 8 nitrogen and oxygen atoms in total. The van der Waals surface area contributed by atoms with Crippen molar-refractivity contribution in [3.63, 3.8) is 0 Å². The van der Waals surface area contributed by atoms with Crippen LogP contribution < -0.4 is 11.2 Å². The molecule has 2 aromatic heterocycles. The highest BCUT2D eigenvalue weighted by atomic mass is 32.2. The van der Waals surface area contributed by atoms with E-state index in [1.807, 2.05) is 19.9 Å². The zero-order valence-electron chi connectivity index (χ0n) is 13.9. The number of aryl methyl sites for hydroxylation is 2. The predicted molar refractivity (Wildman–Crippen MR) is 92.5 cm³/mol. The van der Waals surface area contributed by atoms with Crippen molar-refractivity contribution < 1.29 is 13.6 Å². The van der Waals surface area contributed by atoms with Crippen LogP contribution in [0.25, 0.3) is 5.95 Å². The third-order valence-corrected chi connectivity index (χ3v) is 4.35. The van der Waals surface area contributed by atoms with E-state index in [1.165, 1.54) is 15.4 Å². The van der Waals surface area contributed by atoms with E-state index >= 15 is 0 Å². The SMILES string of the molecule is Cc1cc(C)n(-c2nnc(SCC(=O)Nc3c(F)cccc3F)n2N)n1. The Morgan fingerprint density at radius 3 is 2.58 bits per heavy atom. The van der Waals surface area contributed by atoms with Gasteiger partial charge < -0.3 is 11.2 Å². The van der Waals surface area contributed by atoms with Gasteiger partial charge in [-0.25, -0.2) is 18.1 Å². The molecular formula is C15H15F2N7OS. The number of amides is 1. The molecule has 3 aromatic rings. The Morgan fingerprint density at radius 1 is 1.27 bits per heavy atom. The van der Waals surface area contributed by atoms with Gasteiger partial charge in [0, 0.05) is 5.69 Å². The van der Waals surface area contributed by atoms with Crippen LogP contribution in [0.5, 0.6) is 0 Å². The summed E-state index contributed by atoms with van der Waals surface area (Å²) in [4.78, 5) is 12.0. The molecule has 0 fully saturated rings. The molecule has 0 spiro atoms. The maximum absolute atomic E-state index is 13.6. The molecule has 0 saturated carbocycles. The van der Waals surface area contributed by atoms with Crippen molar-refractivity contribution in [3.8, 4) is 5.95 Å². The molecule has 0 bridgehead atoms. The molecule has 26 heavy (non-hydrogen) atoms. The molecule has 0 atom stereocenters. The van der Waals surface area contributed by atoms with Crippen molar-refractivity contribution in [1.82, 2.24) is 24.7 Å². The van der Waals surface area contributed by atoms with E-state index in [1.54, 1.807) is 0 Å². The number of anilines is 1. The molecule has 2 heterocycles. The van der Waals surface area contributed by atoms with Crippen molar-refractivity contribution in [3.05, 3.63) is 47.3 Å². The Kier molecular flexibility index (Phi) is 4.89. The molecule has 3 rings (SSSR count). The molecule has 11 heteroatoms. The maximum Gasteiger partial charge on any atom is 0.271 e. The van der Waals surface area contributed by atoms with Crippen molar-refractivity contribution in [2.24, 2.45) is 0 Å². The number of nitrogens with zero attached hydrogens (tertiary/aromatic N) is 5. The van der Waals surface area contributed by atoms with Gasteiger partial charge in [0.25, 0.3) is 5.95 Å². The van der Waals surface area contributed by atoms with Gasteiger partial charge in [-0.3, -0.25) is 4.79 Å². The summed E-state index contributed by atoms with van der Waals surface area (Å²) in [5.41, 5.74) is 1.13. The summed E-state index contributed by atoms with van der Waals surface area (Å²) in [5.74, 6) is 3.79. The second-order valence-corrected chi connectivity index (χ2v) is 6.37. The number of rotatable bonds is 5. The summed E-state index contributed by atoms with van der Waals surface area (Å²) in [6, 6.07) is 5.19. The van der Waals surface area contributed by atoms with Gasteiger partial charge in [-0.05, 0) is 32.0 Å². The van der Waals surface area contributed by atoms with E-state index in [9.17, 15) is 13.6 Å². The highest BCUT2D eigenvalue weighted by Crippen LogP contribution is 2.20. The molecular weight excluding hydrogens is 364 g/mol. The molecule has 3 N–H and O–H groups in total. The van der Waals surface area contributed by atoms with Crippen LogP contribution in [0.2, 0.25) is 0 Å². The van der Waals surface area contributed by atoms with E-state index in [4.69, 9.17) is 5.84 Å². The Hall–Kier alpha value is -2.95. The highest BCUT2D eigenvalue weighted by molar-refractivity contribution is 7.99.